The maximum atomic E-state index is 12.5. The third-order valence-electron chi connectivity index (χ3n) is 4.17. The van der Waals surface area contributed by atoms with Crippen LogP contribution in [0.2, 0.25) is 0 Å². The fourth-order valence-electron chi connectivity index (χ4n) is 2.73. The van der Waals surface area contributed by atoms with Crippen molar-refractivity contribution in [3.8, 4) is 11.5 Å². The van der Waals surface area contributed by atoms with Gasteiger partial charge in [-0.15, -0.1) is 0 Å². The maximum absolute atomic E-state index is 12.5. The quantitative estimate of drug-likeness (QED) is 0.747. The Morgan fingerprint density at radius 1 is 1.12 bits per heavy atom. The van der Waals surface area contributed by atoms with Gasteiger partial charge in [-0.2, -0.15) is 0 Å². The first-order valence-electron chi connectivity index (χ1n) is 8.87. The first-order chi connectivity index (χ1) is 12.6. The Balaban J connectivity index is 2.03. The number of carbonyl (C=O) groups excluding carboxylic acids is 1. The molecule has 0 spiro atoms. The summed E-state index contributed by atoms with van der Waals surface area (Å²) in [5.41, 5.74) is 1.66. The zero-order valence-corrected chi connectivity index (χ0v) is 16.0. The summed E-state index contributed by atoms with van der Waals surface area (Å²) in [6, 6.07) is 15.1. The molecule has 0 saturated carbocycles. The minimum atomic E-state index is -0.103. The topological polar surface area (TPSA) is 50.8 Å². The average molecular weight is 356 g/mol. The molecule has 1 N–H and O–H groups in total. The van der Waals surface area contributed by atoms with Gasteiger partial charge in [0, 0.05) is 17.7 Å². The van der Waals surface area contributed by atoms with E-state index in [1.807, 2.05) is 50.5 Å². The van der Waals surface area contributed by atoms with Gasteiger partial charge in [0.05, 0.1) is 19.8 Å². The van der Waals surface area contributed by atoms with Crippen molar-refractivity contribution in [2.45, 2.75) is 19.4 Å². The maximum Gasteiger partial charge on any atom is 0.251 e. The average Bonchev–Trinajstić information content (AvgIpc) is 2.66. The molecule has 0 saturated heterocycles. The Labute approximate surface area is 155 Å². The molecule has 26 heavy (non-hydrogen) atoms. The number of nitrogens with zero attached hydrogens (tertiary/aromatic N) is 1. The van der Waals surface area contributed by atoms with Crippen molar-refractivity contribution in [1.29, 1.82) is 0 Å². The number of rotatable bonds is 9. The van der Waals surface area contributed by atoms with Crippen molar-refractivity contribution in [3.63, 3.8) is 0 Å². The number of carbonyl (C=O) groups is 1. The minimum absolute atomic E-state index is 0.0160. The van der Waals surface area contributed by atoms with E-state index >= 15 is 0 Å². The smallest absolute Gasteiger partial charge is 0.251 e. The van der Waals surface area contributed by atoms with Gasteiger partial charge in [0.25, 0.3) is 5.91 Å². The lowest BCUT2D eigenvalue weighted by atomic mass is 10.0. The zero-order valence-electron chi connectivity index (χ0n) is 16.0. The van der Waals surface area contributed by atoms with Gasteiger partial charge in [-0.05, 0) is 50.8 Å². The second-order valence-electron chi connectivity index (χ2n) is 6.30. The van der Waals surface area contributed by atoms with E-state index < -0.39 is 0 Å². The van der Waals surface area contributed by atoms with Crippen LogP contribution in [-0.2, 0) is 0 Å². The van der Waals surface area contributed by atoms with Crippen LogP contribution in [0.4, 0.5) is 0 Å². The van der Waals surface area contributed by atoms with Crippen LogP contribution in [0, 0.1) is 0 Å². The molecule has 0 aromatic heterocycles. The predicted octanol–water partition coefficient (Wildman–Crippen LogP) is 3.52. The highest BCUT2D eigenvalue weighted by Gasteiger charge is 2.19. The molecule has 1 unspecified atom stereocenters. The molecule has 5 heteroatoms. The molecule has 0 heterocycles. The Morgan fingerprint density at radius 2 is 1.81 bits per heavy atom. The number of hydrogen-bond acceptors (Lipinski definition) is 4. The molecule has 0 radical (unpaired) electrons. The summed E-state index contributed by atoms with van der Waals surface area (Å²) in [5.74, 6) is 1.50. The van der Waals surface area contributed by atoms with Crippen LogP contribution >= 0.6 is 0 Å². The van der Waals surface area contributed by atoms with E-state index in [0.717, 1.165) is 23.5 Å². The van der Waals surface area contributed by atoms with Crippen molar-refractivity contribution >= 4 is 5.91 Å². The zero-order chi connectivity index (χ0) is 18.9. The van der Waals surface area contributed by atoms with Gasteiger partial charge in [-0.25, -0.2) is 0 Å². The largest absolute Gasteiger partial charge is 0.496 e. The number of likely N-dealkylation sites (N-methyl/N-ethyl adjacent to an activating group) is 1. The van der Waals surface area contributed by atoms with Crippen molar-refractivity contribution in [2.24, 2.45) is 0 Å². The van der Waals surface area contributed by atoms with Gasteiger partial charge in [0.15, 0.2) is 0 Å². The molecule has 5 nitrogen and oxygen atoms in total. The summed E-state index contributed by atoms with van der Waals surface area (Å²) in [5, 5.41) is 3.02. The number of nitrogens with one attached hydrogen (secondary N) is 1. The minimum Gasteiger partial charge on any atom is -0.496 e. The Morgan fingerprint density at radius 3 is 2.42 bits per heavy atom. The second kappa shape index (κ2) is 9.82. The molecular weight excluding hydrogens is 328 g/mol. The fourth-order valence-corrected chi connectivity index (χ4v) is 2.73. The Hall–Kier alpha value is -2.53. The molecule has 140 valence electrons. The van der Waals surface area contributed by atoms with Crippen LogP contribution in [0.25, 0.3) is 0 Å². The predicted molar refractivity (Wildman–Crippen MR) is 104 cm³/mol. The third-order valence-corrected chi connectivity index (χ3v) is 4.17. The first kappa shape index (κ1) is 19.8. The van der Waals surface area contributed by atoms with Gasteiger partial charge in [-0.3, -0.25) is 4.79 Å². The molecule has 0 fully saturated rings. The van der Waals surface area contributed by atoms with Crippen molar-refractivity contribution < 1.29 is 14.3 Å². The number of methoxy groups -OCH3 is 1. The third kappa shape index (κ3) is 5.23. The van der Waals surface area contributed by atoms with E-state index in [1.54, 1.807) is 19.2 Å². The van der Waals surface area contributed by atoms with Gasteiger partial charge in [-0.1, -0.05) is 25.1 Å². The van der Waals surface area contributed by atoms with Crippen molar-refractivity contribution in [2.75, 3.05) is 34.4 Å². The van der Waals surface area contributed by atoms with Crippen molar-refractivity contribution in [1.82, 2.24) is 10.2 Å². The Bertz CT molecular complexity index is 699. The van der Waals surface area contributed by atoms with Crippen LogP contribution in [0.1, 0.15) is 35.3 Å². The summed E-state index contributed by atoms with van der Waals surface area (Å²) in [6.07, 6.45) is 0.955. The van der Waals surface area contributed by atoms with E-state index in [0.29, 0.717) is 18.7 Å². The van der Waals surface area contributed by atoms with Gasteiger partial charge in [0.2, 0.25) is 0 Å². The van der Waals surface area contributed by atoms with Crippen LogP contribution in [-0.4, -0.2) is 45.2 Å². The van der Waals surface area contributed by atoms with E-state index in [2.05, 4.69) is 17.1 Å². The molecule has 2 rings (SSSR count). The van der Waals surface area contributed by atoms with E-state index in [-0.39, 0.29) is 11.9 Å². The van der Waals surface area contributed by atoms with Crippen LogP contribution in [0.3, 0.4) is 0 Å². The van der Waals surface area contributed by atoms with Crippen LogP contribution in [0.5, 0.6) is 11.5 Å². The van der Waals surface area contributed by atoms with Crippen LogP contribution < -0.4 is 14.8 Å². The molecule has 2 aromatic rings. The van der Waals surface area contributed by atoms with Gasteiger partial charge >= 0.3 is 0 Å². The lowest BCUT2D eigenvalue weighted by Crippen LogP contribution is -2.34. The van der Waals surface area contributed by atoms with E-state index in [4.69, 9.17) is 9.47 Å². The van der Waals surface area contributed by atoms with Crippen LogP contribution in [0.15, 0.2) is 48.5 Å². The first-order valence-corrected chi connectivity index (χ1v) is 8.87. The summed E-state index contributed by atoms with van der Waals surface area (Å²) >= 11 is 0. The SMILES string of the molecule is CCCOc1ccc(C(=O)NCC(c2ccccc2OC)N(C)C)cc1. The lowest BCUT2D eigenvalue weighted by molar-refractivity contribution is 0.0941. The number of para-hydroxylation sites is 1. The summed E-state index contributed by atoms with van der Waals surface area (Å²) in [6.45, 7) is 3.22. The monoisotopic (exact) mass is 356 g/mol. The molecule has 1 amide bonds. The highest BCUT2D eigenvalue weighted by molar-refractivity contribution is 5.94. The molecule has 0 aliphatic heterocycles. The fraction of sp³-hybridized carbons (Fsp3) is 0.381. The van der Waals surface area contributed by atoms with Gasteiger partial charge in [0.1, 0.15) is 11.5 Å². The van der Waals surface area contributed by atoms with Gasteiger partial charge < -0.3 is 19.7 Å². The molecule has 0 aliphatic carbocycles. The van der Waals surface area contributed by atoms with Crippen molar-refractivity contribution in [3.05, 3.63) is 59.7 Å². The molecule has 0 aliphatic rings. The van der Waals surface area contributed by atoms with E-state index in [1.165, 1.54) is 0 Å². The standard InChI is InChI=1S/C21H28N2O3/c1-5-14-26-17-12-10-16(11-13-17)21(24)22-15-19(23(2)3)18-8-6-7-9-20(18)25-4/h6-13,19H,5,14-15H2,1-4H3,(H,22,24). The number of hydrogen-bond donors (Lipinski definition) is 1. The molecular formula is C21H28N2O3. The normalized spacial score (nSPS) is 11.9. The lowest BCUT2D eigenvalue weighted by Gasteiger charge is -2.26. The molecule has 1 atom stereocenters. The highest BCUT2D eigenvalue weighted by atomic mass is 16.5. The highest BCUT2D eigenvalue weighted by Crippen LogP contribution is 2.27. The number of benzene rings is 2. The molecule has 2 aromatic carbocycles. The number of ether oxygens (including phenoxy) is 2. The van der Waals surface area contributed by atoms with E-state index in [9.17, 15) is 4.79 Å². The molecule has 0 bridgehead atoms. The Kier molecular flexibility index (Phi) is 7.48. The summed E-state index contributed by atoms with van der Waals surface area (Å²) in [4.78, 5) is 14.6. The summed E-state index contributed by atoms with van der Waals surface area (Å²) in [7, 11) is 5.64. The second-order valence-corrected chi connectivity index (χ2v) is 6.30. The summed E-state index contributed by atoms with van der Waals surface area (Å²) < 4.78 is 11.0. The number of amides is 1.